The van der Waals surface area contributed by atoms with Gasteiger partial charge in [0.25, 0.3) is 0 Å². The number of likely N-dealkylation sites (tertiary alicyclic amines) is 1. The van der Waals surface area contributed by atoms with Crippen LogP contribution in [0.1, 0.15) is 66.0 Å². The molecule has 42 heavy (non-hydrogen) atoms. The number of carboxylic acids is 1. The maximum atomic E-state index is 13.9. The van der Waals surface area contributed by atoms with Gasteiger partial charge in [-0.1, -0.05) is 13.0 Å². The van der Waals surface area contributed by atoms with Gasteiger partial charge >= 0.3 is 24.4 Å². The third kappa shape index (κ3) is 6.31. The number of nitrogens with one attached hydrogen (secondary N) is 2. The van der Waals surface area contributed by atoms with Crippen LogP contribution in [0, 0.1) is 18.7 Å². The lowest BCUT2D eigenvalue weighted by atomic mass is 9.73. The van der Waals surface area contributed by atoms with Gasteiger partial charge in [0.05, 0.1) is 28.6 Å². The fourth-order valence-corrected chi connectivity index (χ4v) is 5.84. The molecule has 2 aliphatic rings. The van der Waals surface area contributed by atoms with Gasteiger partial charge in [-0.05, 0) is 72.7 Å². The molecule has 2 aliphatic heterocycles. The van der Waals surface area contributed by atoms with Gasteiger partial charge in [-0.25, -0.2) is 9.18 Å². The number of aliphatic carboxylic acids is 1. The van der Waals surface area contributed by atoms with Gasteiger partial charge in [-0.15, -0.1) is 0 Å². The van der Waals surface area contributed by atoms with E-state index in [0.29, 0.717) is 23.3 Å². The topological polar surface area (TPSA) is 98.7 Å². The molecule has 1 unspecified atom stereocenters. The van der Waals surface area contributed by atoms with E-state index in [4.69, 9.17) is 0 Å². The number of amides is 3. The van der Waals surface area contributed by atoms with E-state index in [2.05, 4.69) is 10.6 Å². The first-order valence-corrected chi connectivity index (χ1v) is 13.0. The van der Waals surface area contributed by atoms with Gasteiger partial charge in [0.15, 0.2) is 0 Å². The van der Waals surface area contributed by atoms with E-state index >= 15 is 0 Å². The zero-order valence-corrected chi connectivity index (χ0v) is 22.5. The van der Waals surface area contributed by atoms with Gasteiger partial charge in [0.1, 0.15) is 5.82 Å². The van der Waals surface area contributed by atoms with Gasteiger partial charge < -0.3 is 20.6 Å². The highest BCUT2D eigenvalue weighted by Crippen LogP contribution is 2.45. The molecule has 3 amide bonds. The molecule has 228 valence electrons. The summed E-state index contributed by atoms with van der Waals surface area (Å²) in [6.45, 7) is 2.62. The normalized spacial score (nSPS) is 23.5. The minimum atomic E-state index is -5.02. The van der Waals surface area contributed by atoms with Crippen molar-refractivity contribution in [1.29, 1.82) is 0 Å². The van der Waals surface area contributed by atoms with E-state index < -0.39 is 70.6 Å². The van der Waals surface area contributed by atoms with Crippen molar-refractivity contribution in [2.45, 2.75) is 63.0 Å². The molecule has 14 heteroatoms. The largest absolute Gasteiger partial charge is 0.481 e. The van der Waals surface area contributed by atoms with E-state index in [1.165, 1.54) is 30.0 Å². The van der Waals surface area contributed by atoms with E-state index in [9.17, 15) is 50.2 Å². The van der Waals surface area contributed by atoms with Gasteiger partial charge in [0, 0.05) is 19.5 Å². The summed E-state index contributed by atoms with van der Waals surface area (Å²) in [7, 11) is 0. The smallest absolute Gasteiger partial charge is 0.416 e. The molecule has 0 radical (unpaired) electrons. The van der Waals surface area contributed by atoms with E-state index in [-0.39, 0.29) is 44.0 Å². The molecule has 3 N–H and O–H groups in total. The average molecular weight is 604 g/mol. The maximum absolute atomic E-state index is 13.9. The van der Waals surface area contributed by atoms with Crippen molar-refractivity contribution in [3.63, 3.8) is 0 Å². The number of hydrogen-bond acceptors (Lipinski definition) is 3. The number of aryl methyl sites for hydroxylation is 1. The van der Waals surface area contributed by atoms with Crippen LogP contribution >= 0.6 is 0 Å². The van der Waals surface area contributed by atoms with Crippen LogP contribution in [-0.2, 0) is 21.9 Å². The molecular formula is C28H28F7N3O4. The molecule has 2 aromatic rings. The zero-order valence-electron chi connectivity index (χ0n) is 22.5. The molecule has 1 spiro atoms. The molecule has 2 heterocycles. The molecule has 0 bridgehead atoms. The molecule has 7 nitrogen and oxygen atoms in total. The van der Waals surface area contributed by atoms with Crippen LogP contribution in [0.5, 0.6) is 0 Å². The number of carbonyl (C=O) groups excluding carboxylic acids is 2. The number of carbonyl (C=O) groups is 3. The van der Waals surface area contributed by atoms with Crippen molar-refractivity contribution < 1.29 is 50.2 Å². The number of alkyl halides is 6. The van der Waals surface area contributed by atoms with Crippen LogP contribution < -0.4 is 10.6 Å². The number of rotatable bonds is 5. The molecule has 2 saturated heterocycles. The van der Waals surface area contributed by atoms with Crippen molar-refractivity contribution in [1.82, 2.24) is 15.5 Å². The molecule has 2 fully saturated rings. The van der Waals surface area contributed by atoms with Crippen LogP contribution in [-0.4, -0.2) is 46.5 Å². The molecule has 0 aromatic heterocycles. The molecule has 0 aliphatic carbocycles. The van der Waals surface area contributed by atoms with Crippen molar-refractivity contribution >= 4 is 17.9 Å². The second-order valence-corrected chi connectivity index (χ2v) is 10.9. The second kappa shape index (κ2) is 11.1. The second-order valence-electron chi connectivity index (χ2n) is 10.9. The third-order valence-electron chi connectivity index (χ3n) is 8.07. The monoisotopic (exact) mass is 603 g/mol. The lowest BCUT2D eigenvalue weighted by molar-refractivity contribution is -0.145. The summed E-state index contributed by atoms with van der Waals surface area (Å²) < 4.78 is 93.8. The zero-order chi connectivity index (χ0) is 31.2. The summed E-state index contributed by atoms with van der Waals surface area (Å²) in [6, 6.07) is 3.58. The maximum Gasteiger partial charge on any atom is 0.416 e. The minimum Gasteiger partial charge on any atom is -0.481 e. The lowest BCUT2D eigenvalue weighted by Gasteiger charge is -2.47. The molecule has 4 atom stereocenters. The highest BCUT2D eigenvalue weighted by molar-refractivity contribution is 5.88. The Labute approximate surface area is 236 Å². The molecule has 4 rings (SSSR count). The summed E-state index contributed by atoms with van der Waals surface area (Å²) in [5.41, 5.74) is -3.43. The van der Waals surface area contributed by atoms with Gasteiger partial charge in [0.2, 0.25) is 5.91 Å². The summed E-state index contributed by atoms with van der Waals surface area (Å²) >= 11 is 0. The van der Waals surface area contributed by atoms with Crippen molar-refractivity contribution in [2.75, 3.05) is 13.1 Å². The number of nitrogens with zero attached hydrogens (tertiary/aromatic N) is 1. The number of piperidine rings is 1. The van der Waals surface area contributed by atoms with E-state index in [0.717, 1.165) is 0 Å². The summed E-state index contributed by atoms with van der Waals surface area (Å²) in [4.78, 5) is 39.0. The number of halogens is 7. The first-order valence-electron chi connectivity index (χ1n) is 13.0. The fraction of sp³-hybridized carbons (Fsp3) is 0.464. The number of carboxylic acid groups (broad SMARTS) is 1. The van der Waals surface area contributed by atoms with Crippen molar-refractivity contribution in [3.05, 3.63) is 70.0 Å². The van der Waals surface area contributed by atoms with Gasteiger partial charge in [-0.2, -0.15) is 26.3 Å². The first-order chi connectivity index (χ1) is 19.4. The highest BCUT2D eigenvalue weighted by atomic mass is 19.4. The summed E-state index contributed by atoms with van der Waals surface area (Å²) in [5, 5.41) is 15.1. The average Bonchev–Trinajstić information content (AvgIpc) is 3.21. The SMILES string of the molecule is Cc1cc(F)ccc1[C@H]1C[C@@]2(CCN1C(=O)NC[C@H](C)c1cc(C(F)(F)F)cc(C(F)(F)F)c1)NC(=O)CC2C(=O)O. The lowest BCUT2D eigenvalue weighted by Crippen LogP contribution is -2.58. The van der Waals surface area contributed by atoms with Crippen molar-refractivity contribution in [2.24, 2.45) is 5.92 Å². The van der Waals surface area contributed by atoms with Crippen LogP contribution in [0.3, 0.4) is 0 Å². The Hall–Kier alpha value is -3.84. The summed E-state index contributed by atoms with van der Waals surface area (Å²) in [6.07, 6.45) is -10.2. The Bertz CT molecular complexity index is 1360. The van der Waals surface area contributed by atoms with Crippen LogP contribution in [0.4, 0.5) is 35.5 Å². The Morgan fingerprint density at radius 1 is 1.10 bits per heavy atom. The molecule has 0 saturated carbocycles. The molecular weight excluding hydrogens is 575 g/mol. The standard InChI is InChI=1S/C28H28F7N3O4/c1-14-7-19(29)3-4-20(14)22-12-26(21(24(40)41)11-23(39)37-26)5-6-38(22)25(42)36-13-15(2)16-8-17(27(30,31)32)10-18(9-16)28(33,34)35/h3-4,7-10,15,21-22H,5-6,11-13H2,1-2H3,(H,36,42)(H,37,39)(H,40,41)/t15-,21?,22+,26+/m0/s1. The van der Waals surface area contributed by atoms with Gasteiger partial charge in [-0.3, -0.25) is 9.59 Å². The third-order valence-corrected chi connectivity index (χ3v) is 8.07. The van der Waals surface area contributed by atoms with Crippen molar-refractivity contribution in [3.8, 4) is 0 Å². The predicted octanol–water partition coefficient (Wildman–Crippen LogP) is 5.78. The first kappa shape index (κ1) is 31.1. The highest BCUT2D eigenvalue weighted by Gasteiger charge is 2.55. The minimum absolute atomic E-state index is 0.00623. The Kier molecular flexibility index (Phi) is 8.22. The Morgan fingerprint density at radius 3 is 2.26 bits per heavy atom. The summed E-state index contributed by atoms with van der Waals surface area (Å²) in [5.74, 6) is -4.20. The number of benzene rings is 2. The Balaban J connectivity index is 1.60. The quantitative estimate of drug-likeness (QED) is 0.378. The number of hydrogen-bond donors (Lipinski definition) is 3. The number of urea groups is 1. The van der Waals surface area contributed by atoms with Crippen LogP contribution in [0.2, 0.25) is 0 Å². The Morgan fingerprint density at radius 2 is 1.71 bits per heavy atom. The fourth-order valence-electron chi connectivity index (χ4n) is 5.84. The van der Waals surface area contributed by atoms with E-state index in [1.807, 2.05) is 0 Å². The van der Waals surface area contributed by atoms with E-state index in [1.54, 1.807) is 6.92 Å². The van der Waals surface area contributed by atoms with Crippen LogP contribution in [0.15, 0.2) is 36.4 Å². The predicted molar refractivity (Wildman–Crippen MR) is 135 cm³/mol. The van der Waals surface area contributed by atoms with Crippen LogP contribution in [0.25, 0.3) is 0 Å². The molecule has 2 aromatic carbocycles.